The average molecular weight is 436 g/mol. The molecule has 1 amide bonds. The third-order valence-electron chi connectivity index (χ3n) is 5.01. The molecule has 9 nitrogen and oxygen atoms in total. The van der Waals surface area contributed by atoms with Crippen molar-refractivity contribution >= 4 is 27.3 Å². The topological polar surface area (TPSA) is 113 Å². The molecule has 0 radical (unpaired) electrons. The van der Waals surface area contributed by atoms with Crippen molar-refractivity contribution < 1.29 is 22.5 Å². The summed E-state index contributed by atoms with van der Waals surface area (Å²) in [6.45, 7) is 2.32. The molecule has 1 saturated heterocycles. The second kappa shape index (κ2) is 8.86. The smallest absolute Gasteiger partial charge is 0.289 e. The summed E-state index contributed by atoms with van der Waals surface area (Å²) in [4.78, 5) is 24.3. The lowest BCUT2D eigenvalue weighted by molar-refractivity contribution is -0.387. The van der Waals surface area contributed by atoms with Crippen molar-refractivity contribution in [1.29, 1.82) is 0 Å². The van der Waals surface area contributed by atoms with E-state index in [0.29, 0.717) is 0 Å². The summed E-state index contributed by atoms with van der Waals surface area (Å²) >= 11 is 0. The Kier molecular flexibility index (Phi) is 6.44. The van der Waals surface area contributed by atoms with E-state index in [1.54, 1.807) is 17.9 Å². The molecule has 0 aliphatic carbocycles. The monoisotopic (exact) mass is 436 g/mol. The lowest BCUT2D eigenvalue weighted by Crippen LogP contribution is -2.54. The molecule has 1 N–H and O–H groups in total. The fourth-order valence-corrected chi connectivity index (χ4v) is 4.84. The molecule has 0 bridgehead atoms. The highest BCUT2D eigenvalue weighted by Gasteiger charge is 2.35. The number of nitro benzene ring substituents is 1. The first kappa shape index (κ1) is 21.8. The Balaban J connectivity index is 1.66. The summed E-state index contributed by atoms with van der Waals surface area (Å²) in [5.41, 5.74) is -0.399. The maximum absolute atomic E-state index is 13.7. The van der Waals surface area contributed by atoms with E-state index in [4.69, 9.17) is 0 Å². The van der Waals surface area contributed by atoms with Crippen LogP contribution >= 0.6 is 0 Å². The van der Waals surface area contributed by atoms with E-state index in [9.17, 15) is 27.7 Å². The van der Waals surface area contributed by atoms with Gasteiger partial charge >= 0.3 is 0 Å². The van der Waals surface area contributed by atoms with Crippen LogP contribution in [0.2, 0.25) is 0 Å². The normalized spacial score (nSPS) is 16.7. The van der Waals surface area contributed by atoms with E-state index in [0.717, 1.165) is 6.07 Å². The minimum absolute atomic E-state index is 0.0751. The van der Waals surface area contributed by atoms with Crippen molar-refractivity contribution in [3.63, 3.8) is 0 Å². The molecular weight excluding hydrogens is 415 g/mol. The van der Waals surface area contributed by atoms with E-state index in [1.807, 2.05) is 0 Å². The zero-order valence-electron chi connectivity index (χ0n) is 16.2. The number of carbonyl (C=O) groups is 1. The second-order valence-electron chi connectivity index (χ2n) is 6.81. The number of amides is 1. The van der Waals surface area contributed by atoms with Crippen LogP contribution in [0.5, 0.6) is 0 Å². The maximum Gasteiger partial charge on any atom is 0.289 e. The molecule has 1 heterocycles. The number of halogens is 1. The van der Waals surface area contributed by atoms with Gasteiger partial charge in [-0.2, -0.15) is 4.31 Å². The summed E-state index contributed by atoms with van der Waals surface area (Å²) in [5, 5.41) is 13.7. The molecule has 0 aromatic heterocycles. The van der Waals surface area contributed by atoms with Gasteiger partial charge in [0.1, 0.15) is 5.82 Å². The van der Waals surface area contributed by atoms with Crippen molar-refractivity contribution in [2.75, 3.05) is 31.5 Å². The highest BCUT2D eigenvalue weighted by Crippen LogP contribution is 2.27. The third-order valence-corrected chi connectivity index (χ3v) is 6.96. The standard InChI is InChI=1S/C19H21FN4O5S/c1-14(19(25)21-16-7-3-2-6-15(16)20)22-10-12-23(13-11-22)30(28,29)18-9-5-4-8-17(18)24(26)27/h2-9,14H,10-13H2,1H3,(H,21,25)/t14-/m1/s1. The molecule has 0 saturated carbocycles. The number of rotatable bonds is 6. The lowest BCUT2D eigenvalue weighted by atomic mass is 10.2. The second-order valence-corrected chi connectivity index (χ2v) is 8.72. The number of nitrogens with zero attached hydrogens (tertiary/aromatic N) is 3. The highest BCUT2D eigenvalue weighted by atomic mass is 32.2. The van der Waals surface area contributed by atoms with Crippen LogP contribution in [0.1, 0.15) is 6.92 Å². The van der Waals surface area contributed by atoms with Crippen molar-refractivity contribution in [2.45, 2.75) is 17.9 Å². The molecule has 1 atom stereocenters. The van der Waals surface area contributed by atoms with Crippen molar-refractivity contribution in [3.8, 4) is 0 Å². The van der Waals surface area contributed by atoms with E-state index in [-0.39, 0.29) is 36.8 Å². The molecular formula is C19H21FN4O5S. The summed E-state index contributed by atoms with van der Waals surface area (Å²) in [5.74, 6) is -0.950. The number of nitrogens with one attached hydrogen (secondary N) is 1. The molecule has 11 heteroatoms. The van der Waals surface area contributed by atoms with Crippen LogP contribution in [-0.4, -0.2) is 60.7 Å². The van der Waals surface area contributed by atoms with Crippen LogP contribution in [0.15, 0.2) is 53.4 Å². The van der Waals surface area contributed by atoms with Crippen LogP contribution in [0, 0.1) is 15.9 Å². The van der Waals surface area contributed by atoms with Gasteiger partial charge < -0.3 is 5.32 Å². The Bertz CT molecular complexity index is 1050. The molecule has 2 aromatic rings. The highest BCUT2D eigenvalue weighted by molar-refractivity contribution is 7.89. The van der Waals surface area contributed by atoms with Gasteiger partial charge in [0.15, 0.2) is 4.90 Å². The van der Waals surface area contributed by atoms with E-state index < -0.39 is 38.4 Å². The van der Waals surface area contributed by atoms with Crippen LogP contribution in [0.3, 0.4) is 0 Å². The summed E-state index contributed by atoms with van der Waals surface area (Å²) in [6.07, 6.45) is 0. The van der Waals surface area contributed by atoms with Gasteiger partial charge in [-0.3, -0.25) is 19.8 Å². The van der Waals surface area contributed by atoms with Gasteiger partial charge in [0.2, 0.25) is 15.9 Å². The molecule has 0 spiro atoms. The Morgan fingerprint density at radius 2 is 1.70 bits per heavy atom. The summed E-state index contributed by atoms with van der Waals surface area (Å²) in [6, 6.07) is 10.4. The molecule has 3 rings (SSSR count). The van der Waals surface area contributed by atoms with Gasteiger partial charge in [-0.15, -0.1) is 0 Å². The predicted molar refractivity (Wildman–Crippen MR) is 108 cm³/mol. The van der Waals surface area contributed by atoms with E-state index >= 15 is 0 Å². The summed E-state index contributed by atoms with van der Waals surface area (Å²) in [7, 11) is -4.05. The number of sulfonamides is 1. The Labute approximate surface area is 173 Å². The number of anilines is 1. The molecule has 160 valence electrons. The number of carbonyl (C=O) groups excluding carboxylic acids is 1. The van der Waals surface area contributed by atoms with Gasteiger partial charge in [-0.1, -0.05) is 24.3 Å². The van der Waals surface area contributed by atoms with Gasteiger partial charge in [-0.05, 0) is 25.1 Å². The number of nitro groups is 1. The minimum atomic E-state index is -4.05. The number of hydrogen-bond acceptors (Lipinski definition) is 6. The molecule has 1 aliphatic rings. The Hall–Kier alpha value is -2.89. The predicted octanol–water partition coefficient (Wildman–Crippen LogP) is 2.07. The van der Waals surface area contributed by atoms with Gasteiger partial charge in [0.05, 0.1) is 16.7 Å². The number of piperazine rings is 1. The first-order chi connectivity index (χ1) is 14.2. The van der Waals surface area contributed by atoms with Gasteiger partial charge in [-0.25, -0.2) is 12.8 Å². The first-order valence-corrected chi connectivity index (χ1v) is 10.7. The molecule has 1 fully saturated rings. The summed E-state index contributed by atoms with van der Waals surface area (Å²) < 4.78 is 40.7. The largest absolute Gasteiger partial charge is 0.322 e. The zero-order valence-corrected chi connectivity index (χ0v) is 17.0. The van der Waals surface area contributed by atoms with Crippen LogP contribution in [0.25, 0.3) is 0 Å². The van der Waals surface area contributed by atoms with Crippen LogP contribution in [-0.2, 0) is 14.8 Å². The average Bonchev–Trinajstić information content (AvgIpc) is 2.74. The number of benzene rings is 2. The number of para-hydroxylation sites is 2. The van der Waals surface area contributed by atoms with Crippen LogP contribution < -0.4 is 5.32 Å². The molecule has 0 unspecified atom stereocenters. The molecule has 2 aromatic carbocycles. The van der Waals surface area contributed by atoms with Crippen molar-refractivity contribution in [2.24, 2.45) is 0 Å². The van der Waals surface area contributed by atoms with Gasteiger partial charge in [0.25, 0.3) is 5.69 Å². The van der Waals surface area contributed by atoms with Crippen molar-refractivity contribution in [3.05, 3.63) is 64.5 Å². The fraction of sp³-hybridized carbons (Fsp3) is 0.316. The zero-order chi connectivity index (χ0) is 21.9. The molecule has 1 aliphatic heterocycles. The van der Waals surface area contributed by atoms with Crippen molar-refractivity contribution in [1.82, 2.24) is 9.21 Å². The fourth-order valence-electron chi connectivity index (χ4n) is 3.26. The quantitative estimate of drug-likeness (QED) is 0.548. The minimum Gasteiger partial charge on any atom is -0.322 e. The van der Waals surface area contributed by atoms with E-state index in [1.165, 1.54) is 40.7 Å². The lowest BCUT2D eigenvalue weighted by Gasteiger charge is -2.36. The Morgan fingerprint density at radius 1 is 1.10 bits per heavy atom. The van der Waals surface area contributed by atoms with Crippen LogP contribution in [0.4, 0.5) is 15.8 Å². The first-order valence-electron chi connectivity index (χ1n) is 9.25. The SMILES string of the molecule is C[C@H](C(=O)Nc1ccccc1F)N1CCN(S(=O)(=O)c2ccccc2[N+](=O)[O-])CC1. The Morgan fingerprint density at radius 3 is 2.33 bits per heavy atom. The molecule has 30 heavy (non-hydrogen) atoms. The maximum atomic E-state index is 13.7. The van der Waals surface area contributed by atoms with Gasteiger partial charge in [0, 0.05) is 32.2 Å². The third kappa shape index (κ3) is 4.48. The number of hydrogen-bond donors (Lipinski definition) is 1. The van der Waals surface area contributed by atoms with E-state index in [2.05, 4.69) is 5.32 Å².